The molecule has 3 heterocycles. The Morgan fingerprint density at radius 2 is 1.84 bits per heavy atom. The number of aromatic nitrogens is 2. The molecule has 0 atom stereocenters. The van der Waals surface area contributed by atoms with Crippen molar-refractivity contribution in [2.75, 3.05) is 63.1 Å². The first-order valence-electron chi connectivity index (χ1n) is 10.9. The molecule has 8 heteroatoms. The molecule has 4 rings (SSSR count). The number of piperazine rings is 1. The zero-order valence-corrected chi connectivity index (χ0v) is 19.3. The fourth-order valence-electron chi connectivity index (χ4n) is 3.79. The Morgan fingerprint density at radius 3 is 2.58 bits per heavy atom. The third-order valence-electron chi connectivity index (χ3n) is 5.76. The van der Waals surface area contributed by atoms with Crippen molar-refractivity contribution in [2.45, 2.75) is 13.8 Å². The molecule has 3 aromatic rings. The Labute approximate surface area is 187 Å². The third kappa shape index (κ3) is 5.20. The summed E-state index contributed by atoms with van der Waals surface area (Å²) in [5, 5.41) is 6.12. The Bertz CT molecular complexity index is 1040. The van der Waals surface area contributed by atoms with Gasteiger partial charge in [-0.3, -0.25) is 9.69 Å². The number of fused-ring (bicyclic) bond motifs is 1. The van der Waals surface area contributed by atoms with Crippen molar-refractivity contribution in [3.63, 3.8) is 0 Å². The minimum absolute atomic E-state index is 0.0149. The Kier molecular flexibility index (Phi) is 6.80. The van der Waals surface area contributed by atoms with Gasteiger partial charge in [0, 0.05) is 57.0 Å². The van der Waals surface area contributed by atoms with Crippen molar-refractivity contribution in [2.24, 2.45) is 0 Å². The first-order valence-corrected chi connectivity index (χ1v) is 11.7. The van der Waals surface area contributed by atoms with Crippen LogP contribution >= 0.6 is 11.3 Å². The second-order valence-corrected chi connectivity index (χ2v) is 8.95. The smallest absolute Gasteiger partial charge is 0.239 e. The fraction of sp³-hybridized carbons (Fsp3) is 0.435. The maximum atomic E-state index is 12.5. The third-order valence-corrected chi connectivity index (χ3v) is 6.87. The molecule has 1 aliphatic heterocycles. The van der Waals surface area contributed by atoms with Gasteiger partial charge in [0.05, 0.1) is 11.4 Å². The van der Waals surface area contributed by atoms with Gasteiger partial charge in [0.25, 0.3) is 0 Å². The van der Waals surface area contributed by atoms with Crippen LogP contribution in [0.5, 0.6) is 0 Å². The molecular formula is C23H30N6OS. The van der Waals surface area contributed by atoms with Crippen LogP contribution in [0, 0.1) is 0 Å². The maximum absolute atomic E-state index is 12.5. The van der Waals surface area contributed by atoms with Crippen LogP contribution in [0.25, 0.3) is 21.2 Å². The molecule has 2 aromatic heterocycles. The highest BCUT2D eigenvalue weighted by Crippen LogP contribution is 2.33. The standard InChI is InChI=1S/C23H30N6OS/c1-4-29(5-2)23-25-15-20(31-23)17-6-7-18-14-24-21(13-19(18)12-17)26-22(30)16-28-10-8-27(3)9-11-28/h6-7,12-15H,4-5,8-11,16H2,1-3H3,(H,24,26,30). The lowest BCUT2D eigenvalue weighted by Gasteiger charge is -2.31. The molecule has 7 nitrogen and oxygen atoms in total. The number of pyridine rings is 1. The normalized spacial score (nSPS) is 15.3. The summed E-state index contributed by atoms with van der Waals surface area (Å²) in [5.74, 6) is 0.579. The summed E-state index contributed by atoms with van der Waals surface area (Å²) in [6.45, 7) is 10.4. The largest absolute Gasteiger partial charge is 0.349 e. The summed E-state index contributed by atoms with van der Waals surface area (Å²) in [4.78, 5) is 29.4. The number of rotatable bonds is 7. The van der Waals surface area contributed by atoms with E-state index in [9.17, 15) is 4.79 Å². The minimum Gasteiger partial charge on any atom is -0.349 e. The Morgan fingerprint density at radius 1 is 1.06 bits per heavy atom. The summed E-state index contributed by atoms with van der Waals surface area (Å²) in [5.41, 5.74) is 1.13. The molecule has 0 unspecified atom stereocenters. The molecular weight excluding hydrogens is 408 g/mol. The lowest BCUT2D eigenvalue weighted by Crippen LogP contribution is -2.47. The quantitative estimate of drug-likeness (QED) is 0.610. The van der Waals surface area contributed by atoms with Gasteiger partial charge in [-0.1, -0.05) is 23.5 Å². The van der Waals surface area contributed by atoms with Gasteiger partial charge in [0.15, 0.2) is 5.13 Å². The van der Waals surface area contributed by atoms with Crippen molar-refractivity contribution in [1.82, 2.24) is 19.8 Å². The second-order valence-electron chi connectivity index (χ2n) is 7.94. The van der Waals surface area contributed by atoms with Gasteiger partial charge in [-0.2, -0.15) is 0 Å². The monoisotopic (exact) mass is 438 g/mol. The van der Waals surface area contributed by atoms with Gasteiger partial charge in [0.2, 0.25) is 5.91 Å². The van der Waals surface area contributed by atoms with E-state index in [4.69, 9.17) is 0 Å². The van der Waals surface area contributed by atoms with Gasteiger partial charge >= 0.3 is 0 Å². The predicted molar refractivity (Wildman–Crippen MR) is 129 cm³/mol. The molecule has 164 valence electrons. The first kappa shape index (κ1) is 21.7. The van der Waals surface area contributed by atoms with Crippen LogP contribution in [0.2, 0.25) is 0 Å². The van der Waals surface area contributed by atoms with Gasteiger partial charge in [-0.15, -0.1) is 0 Å². The Hall–Kier alpha value is -2.55. The summed E-state index contributed by atoms with van der Waals surface area (Å²) >= 11 is 1.71. The van der Waals surface area contributed by atoms with Gasteiger partial charge < -0.3 is 15.1 Å². The summed E-state index contributed by atoms with van der Waals surface area (Å²) < 4.78 is 0. The number of nitrogens with one attached hydrogen (secondary N) is 1. The Balaban J connectivity index is 1.48. The zero-order valence-electron chi connectivity index (χ0n) is 18.5. The topological polar surface area (TPSA) is 64.6 Å². The molecule has 0 saturated carbocycles. The number of hydrogen-bond acceptors (Lipinski definition) is 7. The van der Waals surface area contributed by atoms with Gasteiger partial charge in [-0.05, 0) is 44.0 Å². The fourth-order valence-corrected chi connectivity index (χ4v) is 4.83. The van der Waals surface area contributed by atoms with Gasteiger partial charge in [-0.25, -0.2) is 9.97 Å². The van der Waals surface area contributed by atoms with E-state index in [0.717, 1.165) is 65.6 Å². The highest BCUT2D eigenvalue weighted by atomic mass is 32.1. The van der Waals surface area contributed by atoms with Crippen LogP contribution in [0.1, 0.15) is 13.8 Å². The molecule has 1 amide bonds. The molecule has 0 aliphatic carbocycles. The van der Waals surface area contributed by atoms with Crippen molar-refractivity contribution in [3.05, 3.63) is 36.7 Å². The lowest BCUT2D eigenvalue weighted by molar-refractivity contribution is -0.117. The van der Waals surface area contributed by atoms with Crippen LogP contribution in [0.4, 0.5) is 10.9 Å². The second kappa shape index (κ2) is 9.72. The number of likely N-dealkylation sites (N-methyl/N-ethyl adjacent to an activating group) is 1. The summed E-state index contributed by atoms with van der Waals surface area (Å²) in [7, 11) is 2.11. The lowest BCUT2D eigenvalue weighted by atomic mass is 10.1. The molecule has 1 aromatic carbocycles. The summed E-state index contributed by atoms with van der Waals surface area (Å²) in [6.07, 6.45) is 3.76. The van der Waals surface area contributed by atoms with Crippen molar-refractivity contribution in [1.29, 1.82) is 0 Å². The number of carbonyl (C=O) groups excluding carboxylic acids is 1. The van der Waals surface area contributed by atoms with Crippen molar-refractivity contribution >= 4 is 39.0 Å². The molecule has 1 N–H and O–H groups in total. The van der Waals surface area contributed by atoms with Gasteiger partial charge in [0.1, 0.15) is 5.82 Å². The van der Waals surface area contributed by atoms with E-state index >= 15 is 0 Å². The molecule has 31 heavy (non-hydrogen) atoms. The number of hydrogen-bond donors (Lipinski definition) is 1. The molecule has 1 aliphatic rings. The van der Waals surface area contributed by atoms with Crippen LogP contribution in [0.15, 0.2) is 36.7 Å². The van der Waals surface area contributed by atoms with E-state index in [-0.39, 0.29) is 5.91 Å². The molecule has 0 bridgehead atoms. The van der Waals surface area contributed by atoms with Crippen LogP contribution in [-0.4, -0.2) is 78.5 Å². The SMILES string of the molecule is CCN(CC)c1ncc(-c2ccc3cnc(NC(=O)CN4CCN(C)CC4)cc3c2)s1. The van der Waals surface area contributed by atoms with E-state index in [1.807, 2.05) is 18.5 Å². The van der Waals surface area contributed by atoms with Crippen LogP contribution in [-0.2, 0) is 4.79 Å². The number of amides is 1. The van der Waals surface area contributed by atoms with Crippen molar-refractivity contribution < 1.29 is 4.79 Å². The minimum atomic E-state index is -0.0149. The van der Waals surface area contributed by atoms with E-state index in [1.54, 1.807) is 11.3 Å². The number of nitrogens with zero attached hydrogens (tertiary/aromatic N) is 5. The number of anilines is 2. The molecule has 0 spiro atoms. The van der Waals surface area contributed by atoms with Crippen LogP contribution in [0.3, 0.4) is 0 Å². The predicted octanol–water partition coefficient (Wildman–Crippen LogP) is 3.39. The molecule has 1 fully saturated rings. The van der Waals surface area contributed by atoms with Crippen molar-refractivity contribution in [3.8, 4) is 10.4 Å². The summed E-state index contributed by atoms with van der Waals surface area (Å²) in [6, 6.07) is 8.28. The number of benzene rings is 1. The molecule has 1 saturated heterocycles. The number of carbonyl (C=O) groups is 1. The van der Waals surface area contributed by atoms with E-state index in [1.165, 1.54) is 0 Å². The highest BCUT2D eigenvalue weighted by molar-refractivity contribution is 7.18. The average Bonchev–Trinajstić information content (AvgIpc) is 3.26. The zero-order chi connectivity index (χ0) is 21.8. The van der Waals surface area contributed by atoms with Crippen LogP contribution < -0.4 is 10.2 Å². The van der Waals surface area contributed by atoms with E-state index < -0.39 is 0 Å². The maximum Gasteiger partial charge on any atom is 0.239 e. The van der Waals surface area contributed by atoms with E-state index in [0.29, 0.717) is 12.4 Å². The highest BCUT2D eigenvalue weighted by Gasteiger charge is 2.17. The molecule has 0 radical (unpaired) electrons. The first-order chi connectivity index (χ1) is 15.1. The average molecular weight is 439 g/mol. The van der Waals surface area contributed by atoms with E-state index in [2.05, 4.69) is 69.1 Å². The number of thiazole rings is 1.